The van der Waals surface area contributed by atoms with Crippen molar-refractivity contribution in [2.75, 3.05) is 13.1 Å². The number of aromatic amines is 1. The fourth-order valence-corrected chi connectivity index (χ4v) is 2.77. The Balaban J connectivity index is 1.95. The van der Waals surface area contributed by atoms with Crippen molar-refractivity contribution in [1.29, 1.82) is 0 Å². The molecular weight excluding hydrogens is 403 g/mol. The van der Waals surface area contributed by atoms with Crippen LogP contribution in [0.25, 0.3) is 11.0 Å². The van der Waals surface area contributed by atoms with Gasteiger partial charge in [-0.15, -0.1) is 0 Å². The number of hydrogen-bond acceptors (Lipinski definition) is 6. The van der Waals surface area contributed by atoms with Gasteiger partial charge in [-0.2, -0.15) is 13.2 Å². The highest BCUT2D eigenvalue weighted by Gasteiger charge is 2.35. The van der Waals surface area contributed by atoms with Gasteiger partial charge in [-0.05, 0) is 37.2 Å². The largest absolute Gasteiger partial charge is 0.433 e. The Hall–Kier alpha value is -3.54. The summed E-state index contributed by atoms with van der Waals surface area (Å²) in [6.07, 6.45) is -3.19. The molecule has 2 heterocycles. The summed E-state index contributed by atoms with van der Waals surface area (Å²) < 4.78 is 38.9. The molecule has 0 fully saturated rings. The molecule has 1 aromatic carbocycles. The Morgan fingerprint density at radius 1 is 1.20 bits per heavy atom. The van der Waals surface area contributed by atoms with E-state index in [1.807, 2.05) is 0 Å². The number of primary amides is 1. The van der Waals surface area contributed by atoms with Crippen LogP contribution in [0.2, 0.25) is 0 Å². The maximum Gasteiger partial charge on any atom is 0.433 e. The van der Waals surface area contributed by atoms with Gasteiger partial charge < -0.3 is 21.8 Å². The van der Waals surface area contributed by atoms with E-state index >= 15 is 0 Å². The molecule has 2 amide bonds. The van der Waals surface area contributed by atoms with E-state index in [4.69, 9.17) is 11.5 Å². The molecule has 0 aliphatic rings. The molecule has 0 aliphatic carbocycles. The first-order valence-corrected chi connectivity index (χ1v) is 8.88. The molecule has 12 heteroatoms. The van der Waals surface area contributed by atoms with Crippen LogP contribution in [-0.2, 0) is 11.0 Å². The summed E-state index contributed by atoms with van der Waals surface area (Å²) in [6.45, 7) is 0.855. The Kier molecular flexibility index (Phi) is 5.96. The highest BCUT2D eigenvalue weighted by Crippen LogP contribution is 2.29. The van der Waals surface area contributed by atoms with Crippen molar-refractivity contribution in [1.82, 2.24) is 25.3 Å². The van der Waals surface area contributed by atoms with Crippen LogP contribution in [0.3, 0.4) is 0 Å². The number of halogens is 3. The minimum absolute atomic E-state index is 0.0301. The van der Waals surface area contributed by atoms with Crippen LogP contribution < -0.4 is 16.8 Å². The van der Waals surface area contributed by atoms with Gasteiger partial charge in [0.2, 0.25) is 5.91 Å². The topological polar surface area (TPSA) is 153 Å². The van der Waals surface area contributed by atoms with Crippen LogP contribution in [-0.4, -0.2) is 44.8 Å². The van der Waals surface area contributed by atoms with Crippen molar-refractivity contribution >= 4 is 22.8 Å². The van der Waals surface area contributed by atoms with E-state index in [2.05, 4.69) is 25.3 Å². The summed E-state index contributed by atoms with van der Waals surface area (Å²) >= 11 is 0. The Labute approximate surface area is 168 Å². The lowest BCUT2D eigenvalue weighted by molar-refractivity contribution is -0.141. The van der Waals surface area contributed by atoms with Crippen LogP contribution in [0.15, 0.2) is 30.5 Å². The zero-order chi connectivity index (χ0) is 21.9. The average Bonchev–Trinajstić information content (AvgIpc) is 3.10. The van der Waals surface area contributed by atoms with E-state index in [-0.39, 0.29) is 11.7 Å². The number of aromatic nitrogens is 4. The average molecular weight is 421 g/mol. The first-order chi connectivity index (χ1) is 14.2. The van der Waals surface area contributed by atoms with Crippen molar-refractivity contribution in [2.24, 2.45) is 11.5 Å². The normalized spacial score (nSPS) is 12.7. The van der Waals surface area contributed by atoms with Crippen molar-refractivity contribution < 1.29 is 22.8 Å². The maximum absolute atomic E-state index is 13.0. The number of rotatable bonds is 7. The van der Waals surface area contributed by atoms with Crippen LogP contribution >= 0.6 is 0 Å². The molecule has 0 aliphatic heterocycles. The van der Waals surface area contributed by atoms with Gasteiger partial charge in [0.25, 0.3) is 5.91 Å². The fourth-order valence-electron chi connectivity index (χ4n) is 2.77. The molecule has 9 nitrogen and oxygen atoms in total. The van der Waals surface area contributed by atoms with E-state index in [1.54, 1.807) is 0 Å². The van der Waals surface area contributed by atoms with Gasteiger partial charge in [0.15, 0.2) is 5.92 Å². The fraction of sp³-hybridized carbons (Fsp3) is 0.278. The van der Waals surface area contributed by atoms with Gasteiger partial charge in [-0.25, -0.2) is 15.0 Å². The second-order valence-electron chi connectivity index (χ2n) is 6.39. The van der Waals surface area contributed by atoms with Crippen LogP contribution in [0.4, 0.5) is 13.2 Å². The first kappa shape index (κ1) is 21.2. The van der Waals surface area contributed by atoms with Crippen molar-refractivity contribution in [3.63, 3.8) is 0 Å². The minimum atomic E-state index is -4.71. The predicted octanol–water partition coefficient (Wildman–Crippen LogP) is 1.07. The molecule has 1 unspecified atom stereocenters. The summed E-state index contributed by atoms with van der Waals surface area (Å²) in [5, 5.41) is 2.70. The number of imidazole rings is 1. The number of carbonyl (C=O) groups is 2. The second-order valence-corrected chi connectivity index (χ2v) is 6.39. The Morgan fingerprint density at radius 2 is 1.97 bits per heavy atom. The summed E-state index contributed by atoms with van der Waals surface area (Å²) in [6, 6.07) is 5.27. The number of amides is 2. The van der Waals surface area contributed by atoms with E-state index in [1.165, 1.54) is 18.2 Å². The lowest BCUT2D eigenvalue weighted by Crippen LogP contribution is -2.26. The number of nitrogens with one attached hydrogen (secondary N) is 2. The van der Waals surface area contributed by atoms with Gasteiger partial charge in [-0.3, -0.25) is 9.59 Å². The number of carbonyl (C=O) groups excluding carboxylic acids is 2. The molecule has 0 saturated carbocycles. The van der Waals surface area contributed by atoms with Gasteiger partial charge in [0.05, 0.1) is 11.0 Å². The zero-order valence-electron chi connectivity index (χ0n) is 15.5. The number of alkyl halides is 3. The molecule has 0 spiro atoms. The standard InChI is InChI=1S/C18H18F3N7O2/c19-18(20,21)12-4-7-24-15(28-12)13(14(23)29)16-26-10-3-2-9(8-11(10)27-16)17(30)25-6-1-5-22/h2-4,7-8,13H,1,5-6,22H2,(H2,23,29)(H,25,30)(H,26,27). The van der Waals surface area contributed by atoms with Gasteiger partial charge in [0, 0.05) is 18.3 Å². The summed E-state index contributed by atoms with van der Waals surface area (Å²) in [7, 11) is 0. The summed E-state index contributed by atoms with van der Waals surface area (Å²) in [5.41, 5.74) is 10.7. The highest BCUT2D eigenvalue weighted by molar-refractivity contribution is 5.97. The molecule has 0 saturated heterocycles. The molecule has 1 atom stereocenters. The third-order valence-electron chi connectivity index (χ3n) is 4.21. The summed E-state index contributed by atoms with van der Waals surface area (Å²) in [5.74, 6) is -3.20. The zero-order valence-corrected chi connectivity index (χ0v) is 15.5. The highest BCUT2D eigenvalue weighted by atomic mass is 19.4. The molecular formula is C18H18F3N7O2. The Bertz CT molecular complexity index is 1080. The quantitative estimate of drug-likeness (QED) is 0.419. The van der Waals surface area contributed by atoms with Gasteiger partial charge >= 0.3 is 6.18 Å². The molecule has 2 aromatic heterocycles. The summed E-state index contributed by atoms with van der Waals surface area (Å²) in [4.78, 5) is 38.4. The molecule has 0 radical (unpaired) electrons. The van der Waals surface area contributed by atoms with Crippen molar-refractivity contribution in [3.05, 3.63) is 53.4 Å². The van der Waals surface area contributed by atoms with Gasteiger partial charge in [-0.1, -0.05) is 0 Å². The van der Waals surface area contributed by atoms with E-state index in [0.29, 0.717) is 42.2 Å². The predicted molar refractivity (Wildman–Crippen MR) is 100 cm³/mol. The van der Waals surface area contributed by atoms with E-state index in [0.717, 1.165) is 6.20 Å². The maximum atomic E-state index is 13.0. The van der Waals surface area contributed by atoms with E-state index in [9.17, 15) is 22.8 Å². The molecule has 0 bridgehead atoms. The minimum Gasteiger partial charge on any atom is -0.369 e. The number of hydrogen-bond donors (Lipinski definition) is 4. The number of fused-ring (bicyclic) bond motifs is 1. The first-order valence-electron chi connectivity index (χ1n) is 8.88. The third kappa shape index (κ3) is 4.54. The lowest BCUT2D eigenvalue weighted by atomic mass is 10.1. The smallest absolute Gasteiger partial charge is 0.369 e. The number of nitrogens with two attached hydrogens (primary N) is 2. The Morgan fingerprint density at radius 3 is 2.63 bits per heavy atom. The lowest BCUT2D eigenvalue weighted by Gasteiger charge is -2.11. The molecule has 6 N–H and O–H groups in total. The van der Waals surface area contributed by atoms with E-state index < -0.39 is 29.5 Å². The second kappa shape index (κ2) is 8.45. The van der Waals surface area contributed by atoms with Crippen LogP contribution in [0.5, 0.6) is 0 Å². The van der Waals surface area contributed by atoms with Crippen molar-refractivity contribution in [3.8, 4) is 0 Å². The molecule has 158 valence electrons. The SMILES string of the molecule is NCCCNC(=O)c1ccc2nc(C(C(N)=O)c3nccc(C(F)(F)F)n3)[nH]c2c1. The number of benzene rings is 1. The van der Waals surface area contributed by atoms with Crippen molar-refractivity contribution in [2.45, 2.75) is 18.5 Å². The third-order valence-corrected chi connectivity index (χ3v) is 4.21. The number of nitrogens with zero attached hydrogens (tertiary/aromatic N) is 3. The number of H-pyrrole nitrogens is 1. The molecule has 3 rings (SSSR count). The van der Waals surface area contributed by atoms with Crippen LogP contribution in [0, 0.1) is 0 Å². The van der Waals surface area contributed by atoms with Gasteiger partial charge in [0.1, 0.15) is 17.3 Å². The van der Waals surface area contributed by atoms with Crippen LogP contribution in [0.1, 0.15) is 40.0 Å². The molecule has 3 aromatic rings. The molecule has 30 heavy (non-hydrogen) atoms. The monoisotopic (exact) mass is 421 g/mol.